The molecule has 8 nitrogen and oxygen atoms in total. The Bertz CT molecular complexity index is 1490. The second-order valence-electron chi connectivity index (χ2n) is 10.4. The van der Waals surface area contributed by atoms with E-state index >= 15 is 4.39 Å². The molecule has 3 aliphatic rings. The van der Waals surface area contributed by atoms with Crippen molar-refractivity contribution in [3.05, 3.63) is 76.6 Å². The van der Waals surface area contributed by atoms with E-state index in [9.17, 15) is 10.1 Å². The summed E-state index contributed by atoms with van der Waals surface area (Å²) in [4.78, 5) is 11.5. The minimum Gasteiger partial charge on any atom is -0.493 e. The Morgan fingerprint density at radius 2 is 1.90 bits per heavy atom. The number of hydrogen-bond acceptors (Lipinski definition) is 8. The van der Waals surface area contributed by atoms with Crippen molar-refractivity contribution in [2.75, 3.05) is 26.9 Å². The topological polar surface area (TPSA) is 96.2 Å². The van der Waals surface area contributed by atoms with Gasteiger partial charge in [0.2, 0.25) is 0 Å². The molecule has 0 N–H and O–H groups in total. The minimum atomic E-state index is -0.484. The summed E-state index contributed by atoms with van der Waals surface area (Å²) < 4.78 is 49.4. The quantitative estimate of drug-likeness (QED) is 0.288. The predicted octanol–water partition coefficient (Wildman–Crippen LogP) is 6.15. The smallest absolute Gasteiger partial charge is 0.305 e. The van der Waals surface area contributed by atoms with Gasteiger partial charge in [-0.15, -0.1) is 0 Å². The van der Waals surface area contributed by atoms with Gasteiger partial charge in [-0.2, -0.15) is 5.26 Å². The monoisotopic (exact) mass is 559 g/mol. The summed E-state index contributed by atoms with van der Waals surface area (Å²) in [6.07, 6.45) is 2.37. The highest BCUT2D eigenvalue weighted by atomic mass is 19.1. The van der Waals surface area contributed by atoms with E-state index in [2.05, 4.69) is 6.07 Å². The summed E-state index contributed by atoms with van der Waals surface area (Å²) in [5.41, 5.74) is 2.61. The molecule has 3 atom stereocenters. The number of rotatable bonds is 9. The van der Waals surface area contributed by atoms with E-state index in [-0.39, 0.29) is 23.8 Å². The molecular formula is C32H30FNO7. The van der Waals surface area contributed by atoms with Crippen LogP contribution >= 0.6 is 0 Å². The largest absolute Gasteiger partial charge is 0.493 e. The van der Waals surface area contributed by atoms with Gasteiger partial charge in [-0.1, -0.05) is 6.07 Å². The van der Waals surface area contributed by atoms with Crippen molar-refractivity contribution in [2.24, 2.45) is 0 Å². The van der Waals surface area contributed by atoms with Gasteiger partial charge in [0.15, 0.2) is 0 Å². The Kier molecular flexibility index (Phi) is 7.66. The van der Waals surface area contributed by atoms with Crippen LogP contribution in [0.4, 0.5) is 4.39 Å². The number of methoxy groups -OCH3 is 1. The molecule has 2 aliphatic heterocycles. The first-order valence-corrected chi connectivity index (χ1v) is 13.8. The van der Waals surface area contributed by atoms with E-state index in [0.717, 1.165) is 17.5 Å². The Balaban J connectivity index is 1.16. The third kappa shape index (κ3) is 5.66. The van der Waals surface area contributed by atoms with E-state index in [1.807, 2.05) is 18.2 Å². The van der Waals surface area contributed by atoms with Crippen molar-refractivity contribution in [2.45, 2.75) is 50.2 Å². The number of esters is 1. The molecule has 41 heavy (non-hydrogen) atoms. The number of nitrogens with zero attached hydrogens (tertiary/aromatic N) is 1. The summed E-state index contributed by atoms with van der Waals surface area (Å²) in [5.74, 6) is 2.30. The Hall–Kier alpha value is -4.29. The van der Waals surface area contributed by atoms with Crippen LogP contribution in [0.1, 0.15) is 60.0 Å². The van der Waals surface area contributed by atoms with Crippen LogP contribution in [0.15, 0.2) is 48.5 Å². The van der Waals surface area contributed by atoms with E-state index < -0.39 is 6.10 Å². The molecule has 212 valence electrons. The van der Waals surface area contributed by atoms with Crippen molar-refractivity contribution in [1.82, 2.24) is 0 Å². The Labute approximate surface area is 237 Å². The van der Waals surface area contributed by atoms with Crippen LogP contribution in [0.3, 0.4) is 0 Å². The predicted molar refractivity (Wildman–Crippen MR) is 145 cm³/mol. The van der Waals surface area contributed by atoms with Crippen LogP contribution in [0.2, 0.25) is 0 Å². The number of fused-ring (bicyclic) bond motifs is 2. The number of benzene rings is 3. The second kappa shape index (κ2) is 11.7. The van der Waals surface area contributed by atoms with Crippen LogP contribution in [0.25, 0.3) is 0 Å². The number of carbonyl (C=O) groups is 1. The SMILES string of the molecule is COC(=O)CC[C@@H]1COc2cc(O[C@@H]3CCc4c(Oc5ccc(O[C@@H]6CCOC6)c(C#N)c5)ccc(F)c43)ccc21. The third-order valence-electron chi connectivity index (χ3n) is 7.79. The van der Waals surface area contributed by atoms with Gasteiger partial charge in [-0.3, -0.25) is 4.79 Å². The molecular weight excluding hydrogens is 529 g/mol. The number of nitriles is 1. The van der Waals surface area contributed by atoms with Crippen molar-refractivity contribution >= 4 is 5.97 Å². The third-order valence-corrected chi connectivity index (χ3v) is 7.79. The molecule has 0 bridgehead atoms. The van der Waals surface area contributed by atoms with Crippen LogP contribution in [-0.2, 0) is 20.7 Å². The van der Waals surface area contributed by atoms with Crippen LogP contribution < -0.4 is 18.9 Å². The van der Waals surface area contributed by atoms with Crippen LogP contribution in [0, 0.1) is 17.1 Å². The number of carbonyl (C=O) groups excluding carboxylic acids is 1. The molecule has 3 aromatic carbocycles. The van der Waals surface area contributed by atoms with Crippen molar-refractivity contribution in [3.63, 3.8) is 0 Å². The van der Waals surface area contributed by atoms with Gasteiger partial charge >= 0.3 is 5.97 Å². The molecule has 3 aromatic rings. The van der Waals surface area contributed by atoms with Gasteiger partial charge in [0.05, 0.1) is 32.5 Å². The summed E-state index contributed by atoms with van der Waals surface area (Å²) in [6.45, 7) is 1.64. The van der Waals surface area contributed by atoms with Gasteiger partial charge in [-0.05, 0) is 49.6 Å². The zero-order valence-electron chi connectivity index (χ0n) is 22.7. The van der Waals surface area contributed by atoms with Gasteiger partial charge < -0.3 is 28.4 Å². The normalized spacial score (nSPS) is 20.5. The van der Waals surface area contributed by atoms with E-state index in [1.165, 1.54) is 13.2 Å². The fourth-order valence-electron chi connectivity index (χ4n) is 5.66. The summed E-state index contributed by atoms with van der Waals surface area (Å²) in [5, 5.41) is 9.67. The lowest BCUT2D eigenvalue weighted by Crippen LogP contribution is -2.16. The number of ether oxygens (including phenoxy) is 6. The first-order chi connectivity index (χ1) is 20.0. The second-order valence-corrected chi connectivity index (χ2v) is 10.4. The first kappa shape index (κ1) is 26.9. The fraction of sp³-hybridized carbons (Fsp3) is 0.375. The van der Waals surface area contributed by atoms with Crippen LogP contribution in [0.5, 0.6) is 28.7 Å². The summed E-state index contributed by atoms with van der Waals surface area (Å²) in [6, 6.07) is 15.9. The molecule has 0 spiro atoms. The Morgan fingerprint density at radius 1 is 1.05 bits per heavy atom. The van der Waals surface area contributed by atoms with Crippen molar-refractivity contribution < 1.29 is 37.6 Å². The molecule has 0 aromatic heterocycles. The van der Waals surface area contributed by atoms with Crippen molar-refractivity contribution in [1.29, 1.82) is 5.26 Å². The van der Waals surface area contributed by atoms with E-state index in [1.54, 1.807) is 24.3 Å². The van der Waals surface area contributed by atoms with E-state index in [0.29, 0.717) is 85.4 Å². The number of halogens is 1. The maximum Gasteiger partial charge on any atom is 0.305 e. The molecule has 1 saturated heterocycles. The fourth-order valence-corrected chi connectivity index (χ4v) is 5.66. The molecule has 6 rings (SSSR count). The average Bonchev–Trinajstić information content (AvgIpc) is 3.75. The van der Waals surface area contributed by atoms with Gasteiger partial charge in [0, 0.05) is 47.6 Å². The molecule has 9 heteroatoms. The summed E-state index contributed by atoms with van der Waals surface area (Å²) >= 11 is 0. The van der Waals surface area contributed by atoms with Crippen molar-refractivity contribution in [3.8, 4) is 34.8 Å². The zero-order valence-corrected chi connectivity index (χ0v) is 22.7. The lowest BCUT2D eigenvalue weighted by Gasteiger charge is -2.18. The number of hydrogen-bond donors (Lipinski definition) is 0. The molecule has 0 radical (unpaired) electrons. The van der Waals surface area contributed by atoms with Gasteiger partial charge in [-0.25, -0.2) is 4.39 Å². The summed E-state index contributed by atoms with van der Waals surface area (Å²) in [7, 11) is 1.38. The lowest BCUT2D eigenvalue weighted by molar-refractivity contribution is -0.140. The Morgan fingerprint density at radius 3 is 2.71 bits per heavy atom. The molecule has 1 fully saturated rings. The highest BCUT2D eigenvalue weighted by Gasteiger charge is 2.32. The molecule has 1 aliphatic carbocycles. The van der Waals surface area contributed by atoms with Gasteiger partial charge in [0.25, 0.3) is 0 Å². The zero-order chi connectivity index (χ0) is 28.3. The lowest BCUT2D eigenvalue weighted by atomic mass is 9.96. The standard InChI is InChI=1S/C32H30FNO7/c1-36-31(35)11-2-19-17-38-30-15-22(3-5-24(19)30)40-29-9-6-25-28(10-7-26(33)32(25)29)39-21-4-8-27(20(14-21)16-34)41-23-12-13-37-18-23/h3-5,7-8,10,14-15,19,23,29H,2,6,9,11-13,17-18H2,1H3/t19-,23-,29-/m1/s1. The van der Waals surface area contributed by atoms with Crippen LogP contribution in [-0.4, -0.2) is 39.0 Å². The molecule has 0 unspecified atom stereocenters. The molecule has 0 amide bonds. The maximum atomic E-state index is 15.1. The highest BCUT2D eigenvalue weighted by molar-refractivity contribution is 5.69. The minimum absolute atomic E-state index is 0.0728. The first-order valence-electron chi connectivity index (χ1n) is 13.8. The van der Waals surface area contributed by atoms with E-state index in [4.69, 9.17) is 28.4 Å². The molecule has 0 saturated carbocycles. The highest BCUT2D eigenvalue weighted by Crippen LogP contribution is 2.45. The van der Waals surface area contributed by atoms with Gasteiger partial charge in [0.1, 0.15) is 52.8 Å². The molecule has 2 heterocycles. The maximum absolute atomic E-state index is 15.1. The average molecular weight is 560 g/mol.